The van der Waals surface area contributed by atoms with E-state index in [9.17, 15) is 9.18 Å². The minimum Gasteiger partial charge on any atom is -0.493 e. The highest BCUT2D eigenvalue weighted by molar-refractivity contribution is 7.21. The highest BCUT2D eigenvalue weighted by Gasteiger charge is 2.33. The number of thiophene rings is 1. The Kier molecular flexibility index (Phi) is 5.17. The Morgan fingerprint density at radius 1 is 1.18 bits per heavy atom. The molecular formula is C21H19ClFNO3S. The predicted octanol–water partition coefficient (Wildman–Crippen LogP) is 5.69. The summed E-state index contributed by atoms with van der Waals surface area (Å²) in [5.41, 5.74) is 0.992. The number of fused-ring (bicyclic) bond motifs is 1. The first kappa shape index (κ1) is 19.0. The zero-order valence-electron chi connectivity index (χ0n) is 15.5. The Bertz CT molecular complexity index is 1050. The van der Waals surface area contributed by atoms with Crippen molar-refractivity contribution in [2.24, 2.45) is 0 Å². The second kappa shape index (κ2) is 7.60. The van der Waals surface area contributed by atoms with Crippen LogP contribution in [0.15, 0.2) is 36.4 Å². The lowest BCUT2D eigenvalue weighted by molar-refractivity contribution is 0.0740. The van der Waals surface area contributed by atoms with E-state index in [2.05, 4.69) is 0 Å². The van der Waals surface area contributed by atoms with Crippen molar-refractivity contribution in [3.63, 3.8) is 0 Å². The number of ether oxygens (including phenoxy) is 2. The van der Waals surface area contributed by atoms with Crippen LogP contribution in [-0.4, -0.2) is 31.6 Å². The molecule has 1 aliphatic heterocycles. The molecule has 146 valence electrons. The van der Waals surface area contributed by atoms with Crippen LogP contribution in [0.1, 0.15) is 34.1 Å². The Labute approximate surface area is 171 Å². The molecule has 0 bridgehead atoms. The van der Waals surface area contributed by atoms with Gasteiger partial charge in [-0.15, -0.1) is 11.3 Å². The second-order valence-electron chi connectivity index (χ2n) is 6.66. The van der Waals surface area contributed by atoms with Crippen molar-refractivity contribution in [2.75, 3.05) is 20.8 Å². The van der Waals surface area contributed by atoms with E-state index in [4.69, 9.17) is 21.1 Å². The predicted molar refractivity (Wildman–Crippen MR) is 109 cm³/mol. The monoisotopic (exact) mass is 419 g/mol. The topological polar surface area (TPSA) is 38.8 Å². The maximum Gasteiger partial charge on any atom is 0.266 e. The van der Waals surface area contributed by atoms with Crippen LogP contribution in [0.2, 0.25) is 5.02 Å². The van der Waals surface area contributed by atoms with E-state index in [1.807, 2.05) is 23.1 Å². The molecule has 1 unspecified atom stereocenters. The first-order chi connectivity index (χ1) is 13.5. The number of rotatable bonds is 4. The summed E-state index contributed by atoms with van der Waals surface area (Å²) < 4.78 is 24.9. The van der Waals surface area contributed by atoms with Crippen LogP contribution >= 0.6 is 22.9 Å². The lowest BCUT2D eigenvalue weighted by Gasteiger charge is -2.25. The highest BCUT2D eigenvalue weighted by atomic mass is 35.5. The lowest BCUT2D eigenvalue weighted by atomic mass is 10.0. The first-order valence-electron chi connectivity index (χ1n) is 8.94. The van der Waals surface area contributed by atoms with Gasteiger partial charge in [0.1, 0.15) is 10.7 Å². The van der Waals surface area contributed by atoms with Gasteiger partial charge in [-0.3, -0.25) is 4.79 Å². The van der Waals surface area contributed by atoms with Crippen LogP contribution < -0.4 is 9.47 Å². The average Bonchev–Trinajstić information content (AvgIpc) is 3.32. The average molecular weight is 420 g/mol. The van der Waals surface area contributed by atoms with Gasteiger partial charge in [-0.2, -0.15) is 0 Å². The Morgan fingerprint density at radius 2 is 1.96 bits per heavy atom. The van der Waals surface area contributed by atoms with Gasteiger partial charge in [0.2, 0.25) is 0 Å². The van der Waals surface area contributed by atoms with Gasteiger partial charge in [0.25, 0.3) is 5.91 Å². The molecule has 0 radical (unpaired) electrons. The fourth-order valence-corrected chi connectivity index (χ4v) is 5.22. The van der Waals surface area contributed by atoms with Crippen molar-refractivity contribution < 1.29 is 18.7 Å². The summed E-state index contributed by atoms with van der Waals surface area (Å²) in [6.07, 6.45) is 1.76. The van der Waals surface area contributed by atoms with Gasteiger partial charge in [0.05, 0.1) is 25.3 Å². The van der Waals surface area contributed by atoms with E-state index in [-0.39, 0.29) is 17.8 Å². The fraction of sp³-hybridized carbons (Fsp3) is 0.286. The van der Waals surface area contributed by atoms with Crippen LogP contribution in [0.25, 0.3) is 10.1 Å². The number of likely N-dealkylation sites (tertiary alicyclic amines) is 1. The molecule has 0 aliphatic carbocycles. The van der Waals surface area contributed by atoms with E-state index in [1.54, 1.807) is 20.3 Å². The molecule has 7 heteroatoms. The van der Waals surface area contributed by atoms with E-state index in [1.165, 1.54) is 23.5 Å². The molecule has 1 amide bonds. The molecular weight excluding hydrogens is 401 g/mol. The number of benzene rings is 2. The third-order valence-corrected chi connectivity index (χ3v) is 6.74. The molecule has 0 spiro atoms. The molecule has 4 nitrogen and oxygen atoms in total. The molecule has 1 aliphatic rings. The van der Waals surface area contributed by atoms with Gasteiger partial charge < -0.3 is 14.4 Å². The van der Waals surface area contributed by atoms with Crippen molar-refractivity contribution in [2.45, 2.75) is 18.9 Å². The second-order valence-corrected chi connectivity index (χ2v) is 8.09. The maximum absolute atomic E-state index is 13.5. The van der Waals surface area contributed by atoms with E-state index >= 15 is 0 Å². The summed E-state index contributed by atoms with van der Waals surface area (Å²) in [7, 11) is 3.19. The van der Waals surface area contributed by atoms with Crippen LogP contribution in [0.3, 0.4) is 0 Å². The van der Waals surface area contributed by atoms with Gasteiger partial charge in [-0.05, 0) is 48.7 Å². The highest BCUT2D eigenvalue weighted by Crippen LogP contribution is 2.41. The number of carbonyl (C=O) groups excluding carboxylic acids is 1. The number of amides is 1. The number of hydrogen-bond acceptors (Lipinski definition) is 4. The molecule has 28 heavy (non-hydrogen) atoms. The van der Waals surface area contributed by atoms with E-state index < -0.39 is 0 Å². The van der Waals surface area contributed by atoms with Crippen LogP contribution in [0.4, 0.5) is 4.39 Å². The zero-order valence-corrected chi connectivity index (χ0v) is 17.1. The SMILES string of the molecule is COc1ccc(C2CCCN2C(=O)c2sc3cc(F)ccc3c2Cl)cc1OC. The number of carbonyl (C=O) groups is 1. The summed E-state index contributed by atoms with van der Waals surface area (Å²) in [5.74, 6) is 0.823. The van der Waals surface area contributed by atoms with Crippen molar-refractivity contribution in [1.82, 2.24) is 4.90 Å². The standard InChI is InChI=1S/C21H19ClFNO3S/c1-26-16-8-5-12(10-17(16)27-2)15-4-3-9-24(15)21(25)20-19(22)14-7-6-13(23)11-18(14)28-20/h5-8,10-11,15H,3-4,9H2,1-2H3. The Morgan fingerprint density at radius 3 is 2.71 bits per heavy atom. The number of halogens is 2. The molecule has 0 saturated carbocycles. The number of hydrogen-bond donors (Lipinski definition) is 0. The van der Waals surface area contributed by atoms with Crippen LogP contribution in [0, 0.1) is 5.82 Å². The fourth-order valence-electron chi connectivity index (χ4n) is 3.72. The van der Waals surface area contributed by atoms with Crippen molar-refractivity contribution in [3.8, 4) is 11.5 Å². The third-order valence-electron chi connectivity index (χ3n) is 5.09. The van der Waals surface area contributed by atoms with Crippen molar-refractivity contribution in [1.29, 1.82) is 0 Å². The van der Waals surface area contributed by atoms with Crippen molar-refractivity contribution in [3.05, 3.63) is 57.7 Å². The molecule has 2 aromatic carbocycles. The summed E-state index contributed by atoms with van der Waals surface area (Å²) >= 11 is 7.70. The van der Waals surface area contributed by atoms with E-state index in [0.29, 0.717) is 38.0 Å². The molecule has 2 heterocycles. The third kappa shape index (κ3) is 3.20. The Balaban J connectivity index is 1.69. The minimum atomic E-state index is -0.339. The molecule has 1 fully saturated rings. The molecule has 1 atom stereocenters. The zero-order chi connectivity index (χ0) is 19.8. The van der Waals surface area contributed by atoms with E-state index in [0.717, 1.165) is 18.4 Å². The molecule has 4 rings (SSSR count). The van der Waals surface area contributed by atoms with Gasteiger partial charge >= 0.3 is 0 Å². The maximum atomic E-state index is 13.5. The quantitative estimate of drug-likeness (QED) is 0.545. The van der Waals surface area contributed by atoms with Crippen LogP contribution in [0.5, 0.6) is 11.5 Å². The largest absolute Gasteiger partial charge is 0.493 e. The van der Waals surface area contributed by atoms with Gasteiger partial charge in [-0.25, -0.2) is 4.39 Å². The number of methoxy groups -OCH3 is 2. The van der Waals surface area contributed by atoms with Crippen LogP contribution in [-0.2, 0) is 0 Å². The first-order valence-corrected chi connectivity index (χ1v) is 10.1. The molecule has 1 aromatic heterocycles. The summed E-state index contributed by atoms with van der Waals surface area (Å²) in [4.78, 5) is 15.6. The normalized spacial score (nSPS) is 16.6. The molecule has 1 saturated heterocycles. The Hall–Kier alpha value is -2.31. The van der Waals surface area contributed by atoms with Crippen molar-refractivity contribution >= 4 is 38.9 Å². The number of nitrogens with zero attached hydrogens (tertiary/aromatic N) is 1. The molecule has 0 N–H and O–H groups in total. The smallest absolute Gasteiger partial charge is 0.266 e. The molecule has 3 aromatic rings. The minimum absolute atomic E-state index is 0.0645. The summed E-state index contributed by atoms with van der Waals surface area (Å²) in [5, 5.41) is 1.10. The summed E-state index contributed by atoms with van der Waals surface area (Å²) in [6.45, 7) is 0.650. The summed E-state index contributed by atoms with van der Waals surface area (Å²) in [6, 6.07) is 10.1. The van der Waals surface area contributed by atoms with Gasteiger partial charge in [0.15, 0.2) is 11.5 Å². The lowest BCUT2D eigenvalue weighted by Crippen LogP contribution is -2.30. The van der Waals surface area contributed by atoms with Gasteiger partial charge in [-0.1, -0.05) is 17.7 Å². The van der Waals surface area contributed by atoms with Gasteiger partial charge in [0, 0.05) is 16.6 Å².